The van der Waals surface area contributed by atoms with Crippen LogP contribution >= 0.6 is 0 Å². The molecule has 7 heterocycles. The van der Waals surface area contributed by atoms with Crippen LogP contribution in [0.3, 0.4) is 0 Å². The minimum atomic E-state index is -1.19. The third-order valence-electron chi connectivity index (χ3n) is 8.42. The maximum Gasteiger partial charge on any atom is 0.167 e. The van der Waals surface area contributed by atoms with Crippen molar-refractivity contribution in [3.8, 4) is 24.7 Å². The molecule has 7 rings (SSSR count). The molecule has 272 valence electrons. The van der Waals surface area contributed by atoms with Gasteiger partial charge < -0.3 is 50.8 Å². The van der Waals surface area contributed by atoms with Gasteiger partial charge in [-0.1, -0.05) is 0 Å². The number of fused-ring (bicyclic) bond motifs is 3. The summed E-state index contributed by atoms with van der Waals surface area (Å²) in [5.41, 5.74) is 13.3. The van der Waals surface area contributed by atoms with Crippen molar-refractivity contribution in [2.24, 2.45) is 0 Å². The predicted molar refractivity (Wildman–Crippen MR) is 178 cm³/mol. The normalized spacial score (nSPS) is 29.4. The summed E-state index contributed by atoms with van der Waals surface area (Å²) in [5, 5.41) is 38.4. The second-order valence-corrected chi connectivity index (χ2v) is 12.1. The third kappa shape index (κ3) is 7.76. The van der Waals surface area contributed by atoms with Crippen molar-refractivity contribution < 1.29 is 44.2 Å². The number of terminal acetylenes is 2. The summed E-state index contributed by atoms with van der Waals surface area (Å²) in [6.45, 7) is 2.81. The summed E-state index contributed by atoms with van der Waals surface area (Å²) >= 11 is 0. The highest BCUT2D eigenvalue weighted by Crippen LogP contribution is 2.45. The molecule has 0 amide bonds. The van der Waals surface area contributed by atoms with Crippen LogP contribution in [0.4, 0.5) is 11.6 Å². The fraction of sp³-hybridized carbons (Fsp3) is 0.531. The first kappa shape index (κ1) is 37.4. The molecule has 0 spiro atoms. The van der Waals surface area contributed by atoms with Crippen LogP contribution in [-0.4, -0.2) is 121 Å². The quantitative estimate of drug-likeness (QED) is 0.122. The van der Waals surface area contributed by atoms with E-state index in [2.05, 4.69) is 41.7 Å². The summed E-state index contributed by atoms with van der Waals surface area (Å²) in [7, 11) is 0. The molecule has 3 fully saturated rings. The number of carbonyl (C=O) groups excluding carboxylic acids is 1. The van der Waals surface area contributed by atoms with Gasteiger partial charge in [-0.25, -0.2) is 29.9 Å². The Labute approximate surface area is 292 Å². The van der Waals surface area contributed by atoms with E-state index in [0.717, 1.165) is 0 Å². The lowest BCUT2D eigenvalue weighted by atomic mass is 10.1. The molecule has 19 nitrogen and oxygen atoms in total. The molecule has 9 atom stereocenters. The highest BCUT2D eigenvalue weighted by Gasteiger charge is 2.57. The maximum absolute atomic E-state index is 10.1. The monoisotopic (exact) mass is 708 g/mol. The molecule has 0 aromatic carbocycles. The maximum atomic E-state index is 10.1. The van der Waals surface area contributed by atoms with Crippen LogP contribution in [0.1, 0.15) is 52.0 Å². The van der Waals surface area contributed by atoms with Crippen LogP contribution in [0.25, 0.3) is 22.3 Å². The zero-order chi connectivity index (χ0) is 36.9. The number of Topliss-reactive ketones (excluding diaryl/α,β-unsaturated/α-hetero) is 1. The summed E-state index contributed by atoms with van der Waals surface area (Å²) in [6, 6.07) is 0. The molecule has 4 aromatic rings. The summed E-state index contributed by atoms with van der Waals surface area (Å²) in [6.07, 6.45) is 12.1. The second kappa shape index (κ2) is 16.0. The fourth-order valence-corrected chi connectivity index (χ4v) is 5.84. The van der Waals surface area contributed by atoms with E-state index in [1.54, 1.807) is 10.9 Å². The van der Waals surface area contributed by atoms with E-state index in [1.165, 1.54) is 30.5 Å². The standard InChI is InChI=1S/C16H19N5O4.C10H13N5O4.C6H8O/c1-3-4-5-16(2)24-11-9(6-22)23-15(12(11)25-16)21-8-20-10-13(17)18-7-19-14(10)21;11-8-5-9(13-2-12-8)15(3-14-5)10-7(18)6(17)4(1-16)19-10;1-3-4-5-6(2)7/h1,7-9,11-12,15,22H,4-6H2,2H3,(H2,17,18,19);2-4,6-7,10,16-18H,1H2,(H2,11,12,13);1H,4-5H2,2H3/t9-,11-,12-,15-,16?;4-,6-,7-,10-;/m11./s1. The molecule has 19 heteroatoms. The molecule has 8 N–H and O–H groups in total. The van der Waals surface area contributed by atoms with Crippen molar-refractivity contribution in [2.45, 2.75) is 94.4 Å². The van der Waals surface area contributed by atoms with Crippen molar-refractivity contribution in [3.63, 3.8) is 0 Å². The number of ether oxygens (including phenoxy) is 4. The number of hydrogen-bond acceptors (Lipinski definition) is 17. The molecule has 3 aliphatic heterocycles. The molecule has 0 aliphatic carbocycles. The average Bonchev–Trinajstić information content (AvgIpc) is 3.93. The number of aliphatic hydroxyl groups excluding tert-OH is 4. The zero-order valence-electron chi connectivity index (χ0n) is 27.9. The van der Waals surface area contributed by atoms with Gasteiger partial charge in [0, 0.05) is 25.7 Å². The van der Waals surface area contributed by atoms with Gasteiger partial charge in [0.15, 0.2) is 41.2 Å². The van der Waals surface area contributed by atoms with Crippen molar-refractivity contribution in [3.05, 3.63) is 25.3 Å². The zero-order valence-corrected chi connectivity index (χ0v) is 27.9. The number of rotatable bonds is 8. The minimum Gasteiger partial charge on any atom is -0.394 e. The number of nitrogens with zero attached hydrogens (tertiary/aromatic N) is 8. The molecular formula is C32H40N10O9. The van der Waals surface area contributed by atoms with Crippen molar-refractivity contribution in [1.29, 1.82) is 0 Å². The fourth-order valence-electron chi connectivity index (χ4n) is 5.84. The van der Waals surface area contributed by atoms with Crippen LogP contribution in [0, 0.1) is 24.7 Å². The number of imidazole rings is 2. The molecule has 1 unspecified atom stereocenters. The number of nitrogens with two attached hydrogens (primary N) is 2. The number of carbonyl (C=O) groups is 1. The molecule has 3 aliphatic rings. The molecule has 0 radical (unpaired) electrons. The molecule has 51 heavy (non-hydrogen) atoms. The SMILES string of the molecule is C#CCCC(C)=O.C#CCCC1(C)O[C@@H]2[C@H](O1)[C@@H](CO)O[C@H]2n1cnc2c(N)ncnc21.Nc1ncnc2c1ncn2[C@@H]1O[C@H](CO)[C@@H](O)[C@H]1O. The molecule has 0 saturated carbocycles. The van der Waals surface area contributed by atoms with Gasteiger partial charge in [0.1, 0.15) is 66.1 Å². The van der Waals surface area contributed by atoms with E-state index in [1.807, 2.05) is 6.92 Å². The number of aliphatic hydroxyl groups is 4. The van der Waals surface area contributed by atoms with E-state index < -0.39 is 61.5 Å². The number of ketones is 1. The second-order valence-electron chi connectivity index (χ2n) is 12.1. The summed E-state index contributed by atoms with van der Waals surface area (Å²) in [4.78, 5) is 34.4. The Morgan fingerprint density at radius 1 is 0.824 bits per heavy atom. The Balaban J connectivity index is 0.000000171. The highest BCUT2D eigenvalue weighted by atomic mass is 16.8. The third-order valence-corrected chi connectivity index (χ3v) is 8.42. The van der Waals surface area contributed by atoms with Crippen LogP contribution in [0.5, 0.6) is 0 Å². The molecular weight excluding hydrogens is 668 g/mol. The lowest BCUT2D eigenvalue weighted by molar-refractivity contribution is -0.212. The van der Waals surface area contributed by atoms with E-state index in [9.17, 15) is 20.1 Å². The number of anilines is 2. The highest BCUT2D eigenvalue weighted by molar-refractivity contribution is 5.81. The first-order valence-electron chi connectivity index (χ1n) is 15.9. The van der Waals surface area contributed by atoms with Crippen LogP contribution in [-0.2, 0) is 23.7 Å². The average molecular weight is 709 g/mol. The molecule has 3 saturated heterocycles. The van der Waals surface area contributed by atoms with Gasteiger partial charge in [0.2, 0.25) is 0 Å². The Morgan fingerprint density at radius 2 is 1.35 bits per heavy atom. The topological polar surface area (TPSA) is 274 Å². The van der Waals surface area contributed by atoms with Crippen LogP contribution in [0.2, 0.25) is 0 Å². The number of aromatic nitrogens is 8. The van der Waals surface area contributed by atoms with Gasteiger partial charge in [0.05, 0.1) is 25.9 Å². The number of hydrogen-bond donors (Lipinski definition) is 6. The van der Waals surface area contributed by atoms with E-state index in [-0.39, 0.29) is 18.2 Å². The molecule has 0 bridgehead atoms. The van der Waals surface area contributed by atoms with E-state index in [0.29, 0.717) is 53.8 Å². The molecule has 4 aromatic heterocycles. The lowest BCUT2D eigenvalue weighted by Crippen LogP contribution is -2.33. The van der Waals surface area contributed by atoms with Crippen LogP contribution < -0.4 is 11.5 Å². The van der Waals surface area contributed by atoms with Gasteiger partial charge in [0.25, 0.3) is 0 Å². The Morgan fingerprint density at radius 3 is 1.84 bits per heavy atom. The van der Waals surface area contributed by atoms with E-state index in [4.69, 9.17) is 48.4 Å². The lowest BCUT2D eigenvalue weighted by Gasteiger charge is -2.27. The largest absolute Gasteiger partial charge is 0.394 e. The Kier molecular flexibility index (Phi) is 11.8. The van der Waals surface area contributed by atoms with Gasteiger partial charge >= 0.3 is 0 Å². The predicted octanol–water partition coefficient (Wildman–Crippen LogP) is -0.779. The first-order chi connectivity index (χ1) is 24.5. The number of nitrogen functional groups attached to an aromatic ring is 2. The van der Waals surface area contributed by atoms with Crippen LogP contribution in [0.15, 0.2) is 25.3 Å². The first-order valence-corrected chi connectivity index (χ1v) is 15.9. The van der Waals surface area contributed by atoms with Gasteiger partial charge in [-0.2, -0.15) is 0 Å². The Bertz CT molecular complexity index is 1910. The summed E-state index contributed by atoms with van der Waals surface area (Å²) in [5.74, 6) is 4.83. The van der Waals surface area contributed by atoms with Gasteiger partial charge in [-0.05, 0) is 13.8 Å². The minimum absolute atomic E-state index is 0.165. The smallest absolute Gasteiger partial charge is 0.167 e. The summed E-state index contributed by atoms with van der Waals surface area (Å²) < 4.78 is 26.7. The van der Waals surface area contributed by atoms with E-state index >= 15 is 0 Å². The van der Waals surface area contributed by atoms with Crippen molar-refractivity contribution in [1.82, 2.24) is 39.0 Å². The van der Waals surface area contributed by atoms with Crippen molar-refractivity contribution in [2.75, 3.05) is 24.7 Å². The van der Waals surface area contributed by atoms with Crippen molar-refractivity contribution >= 4 is 39.7 Å². The Hall–Kier alpha value is -4.83. The van der Waals surface area contributed by atoms with Gasteiger partial charge in [-0.15, -0.1) is 24.7 Å². The van der Waals surface area contributed by atoms with Gasteiger partial charge in [-0.3, -0.25) is 13.9 Å².